The number of halogens is 6. The average Bonchev–Trinajstić information content (AvgIpc) is 1.62. The van der Waals surface area contributed by atoms with Gasteiger partial charge in [-0.1, -0.05) is 115 Å². The van der Waals surface area contributed by atoms with Crippen LogP contribution >= 0.6 is 69.6 Å². The van der Waals surface area contributed by atoms with Gasteiger partial charge in [0.2, 0.25) is 7.59 Å². The zero-order valence-electron chi connectivity index (χ0n) is 58.6. The molecule has 4 aliphatic rings. The summed E-state index contributed by atoms with van der Waals surface area (Å²) in [4.78, 5) is 65.1. The number of anilines is 2. The molecular formula is C71H93Cl6N5O18Si. The van der Waals surface area contributed by atoms with E-state index in [4.69, 9.17) is 141 Å². The van der Waals surface area contributed by atoms with Crippen molar-refractivity contribution in [3.8, 4) is 34.5 Å². The first-order chi connectivity index (χ1) is 48.2. The number of benzene rings is 4. The molecule has 556 valence electrons. The lowest BCUT2D eigenvalue weighted by Crippen LogP contribution is -2.58. The molecule has 2 N–H and O–H groups in total. The van der Waals surface area contributed by atoms with Crippen LogP contribution in [-0.2, 0) is 37.6 Å². The topological polar surface area (TPSA) is 236 Å². The highest BCUT2D eigenvalue weighted by atomic mass is 35.6. The SMILES string of the molecule is COc1ccc(C2=CN3C(=O)c4cc(OC)c(OCCCOc5cc6c(cc5OC)C(=O)N5C=C(c7ccc(OCCOCCCOCCCOCCCOCCCOCCN)cc7)CC5[C@@H](O[Si](C)(C)C(C)(C)C)N6C(=O)OCC(Cl)(Cl)Cl)cc4N(C(=O)OCC(Cl)(Cl)Cl)[C@H](C)C3C2)cc1. The molecule has 8 rings (SSSR count). The van der Waals surface area contributed by atoms with Crippen LogP contribution in [0.5, 0.6) is 34.5 Å². The quantitative estimate of drug-likeness (QED) is 0.0251. The fourth-order valence-corrected chi connectivity index (χ4v) is 13.0. The Morgan fingerprint density at radius 3 is 1.35 bits per heavy atom. The highest BCUT2D eigenvalue weighted by Gasteiger charge is 2.52. The summed E-state index contributed by atoms with van der Waals surface area (Å²) in [6.07, 6.45) is 4.73. The minimum Gasteiger partial charge on any atom is -0.497 e. The molecular weight excluding hydrogens is 1450 g/mol. The first kappa shape index (κ1) is 81.0. The molecule has 0 bridgehead atoms. The van der Waals surface area contributed by atoms with E-state index in [1.165, 1.54) is 42.2 Å². The molecule has 0 spiro atoms. The molecule has 0 radical (unpaired) electrons. The van der Waals surface area contributed by atoms with E-state index in [1.807, 2.05) is 68.5 Å². The fourth-order valence-electron chi connectivity index (χ4n) is 11.4. The Balaban J connectivity index is 0.940. The molecule has 0 saturated carbocycles. The van der Waals surface area contributed by atoms with Crippen molar-refractivity contribution in [2.75, 3.05) is 137 Å². The minimum atomic E-state index is -2.85. The van der Waals surface area contributed by atoms with Gasteiger partial charge in [-0.15, -0.1) is 0 Å². The van der Waals surface area contributed by atoms with Crippen LogP contribution in [0, 0.1) is 0 Å². The van der Waals surface area contributed by atoms with Crippen LogP contribution in [0.25, 0.3) is 11.1 Å². The van der Waals surface area contributed by atoms with Crippen LogP contribution in [0.15, 0.2) is 85.2 Å². The van der Waals surface area contributed by atoms with E-state index in [2.05, 4.69) is 20.8 Å². The number of carbonyl (C=O) groups is 4. The van der Waals surface area contributed by atoms with Gasteiger partial charge >= 0.3 is 12.2 Å². The third-order valence-corrected chi connectivity index (χ3v) is 22.7. The van der Waals surface area contributed by atoms with Crippen LogP contribution < -0.4 is 44.0 Å². The van der Waals surface area contributed by atoms with Crippen LogP contribution in [-0.4, -0.2) is 201 Å². The lowest BCUT2D eigenvalue weighted by Gasteiger charge is -2.44. The predicted octanol–water partition coefficient (Wildman–Crippen LogP) is 14.4. The Morgan fingerprint density at radius 2 is 0.911 bits per heavy atom. The van der Waals surface area contributed by atoms with Gasteiger partial charge in [-0.3, -0.25) is 14.5 Å². The predicted molar refractivity (Wildman–Crippen MR) is 393 cm³/mol. The van der Waals surface area contributed by atoms with E-state index in [-0.39, 0.29) is 76.6 Å². The molecule has 30 heteroatoms. The monoisotopic (exact) mass is 1540 g/mol. The highest BCUT2D eigenvalue weighted by molar-refractivity contribution is 6.74. The second-order valence-corrected chi connectivity index (χ2v) is 35.6. The zero-order chi connectivity index (χ0) is 73.1. The summed E-state index contributed by atoms with van der Waals surface area (Å²) in [5.41, 5.74) is 9.23. The van der Waals surface area contributed by atoms with Gasteiger partial charge < -0.3 is 81.5 Å². The molecule has 4 heterocycles. The van der Waals surface area contributed by atoms with Crippen LogP contribution in [0.3, 0.4) is 0 Å². The maximum atomic E-state index is 15.3. The molecule has 4 aromatic carbocycles. The number of nitrogens with zero attached hydrogens (tertiary/aromatic N) is 4. The smallest absolute Gasteiger partial charge is 0.416 e. The molecule has 23 nitrogen and oxygen atoms in total. The Kier molecular flexibility index (Phi) is 30.3. The van der Waals surface area contributed by atoms with Crippen molar-refractivity contribution in [3.63, 3.8) is 0 Å². The maximum absolute atomic E-state index is 15.3. The van der Waals surface area contributed by atoms with Crippen LogP contribution in [0.1, 0.15) is 104 Å². The van der Waals surface area contributed by atoms with Crippen molar-refractivity contribution in [3.05, 3.63) is 107 Å². The summed E-state index contributed by atoms with van der Waals surface area (Å²) >= 11 is 36.8. The fraction of sp³-hybridized carbons (Fsp3) is 0.549. The van der Waals surface area contributed by atoms with Gasteiger partial charge in [0.25, 0.3) is 11.8 Å². The van der Waals surface area contributed by atoms with Gasteiger partial charge in [0.15, 0.2) is 37.5 Å². The van der Waals surface area contributed by atoms with Crippen molar-refractivity contribution >= 4 is 124 Å². The van der Waals surface area contributed by atoms with Gasteiger partial charge in [0, 0.05) is 90.4 Å². The van der Waals surface area contributed by atoms with Gasteiger partial charge in [0.1, 0.15) is 31.3 Å². The molecule has 4 aliphatic heterocycles. The number of carbonyl (C=O) groups excluding carboxylic acids is 4. The summed E-state index contributed by atoms with van der Waals surface area (Å²) in [7, 11) is 1.60. The number of hydrogen-bond acceptors (Lipinski definition) is 19. The van der Waals surface area contributed by atoms with Gasteiger partial charge in [-0.25, -0.2) is 14.5 Å². The van der Waals surface area contributed by atoms with Crippen LogP contribution in [0.2, 0.25) is 18.1 Å². The van der Waals surface area contributed by atoms with Crippen molar-refractivity contribution in [1.82, 2.24) is 9.80 Å². The molecule has 4 aromatic rings. The lowest BCUT2D eigenvalue weighted by atomic mass is 9.98. The van der Waals surface area contributed by atoms with E-state index < -0.39 is 77.5 Å². The number of rotatable bonds is 37. The summed E-state index contributed by atoms with van der Waals surface area (Å²) in [5.74, 6) is 1.16. The van der Waals surface area contributed by atoms with Crippen molar-refractivity contribution in [1.29, 1.82) is 0 Å². The standard InChI is InChI=1S/C71H93Cl6N5O18Si/c1-47-56-37-50(48-15-19-52(87-5)20-16-48)43-79(56)64(83)54-39-60(88-6)62(41-57(54)81(47)67(85)98-45-70(72,73)74)96-32-14-33-97-63-42-58-55(40-61(63)89-7)65(84)80-44-51(38-59(80)66(100-101(8,9)69(2,3)4)82(58)68(86)99-46-71(75,76)77)49-17-21-53(22-18-49)95-36-35-94-31-13-29-92-27-11-25-90-24-10-26-91-28-12-30-93-34-23-78/h15-22,39-44,47,56,59,66H,10-14,23-38,45-46,78H2,1-9H3/t47-,56?,59?,66-/m1/s1. The van der Waals surface area contributed by atoms with Gasteiger partial charge in [0.05, 0.1) is 88.4 Å². The Labute approximate surface area is 622 Å². The number of methoxy groups -OCH3 is 3. The second-order valence-electron chi connectivity index (χ2n) is 25.8. The van der Waals surface area contributed by atoms with Crippen LogP contribution in [0.4, 0.5) is 21.0 Å². The lowest BCUT2D eigenvalue weighted by molar-refractivity contribution is 0.0466. The molecule has 0 fully saturated rings. The molecule has 0 aromatic heterocycles. The number of hydrogen-bond donors (Lipinski definition) is 1. The van der Waals surface area contributed by atoms with Gasteiger partial charge in [-0.2, -0.15) is 0 Å². The molecule has 0 saturated heterocycles. The van der Waals surface area contributed by atoms with E-state index in [0.29, 0.717) is 97.1 Å². The summed E-state index contributed by atoms with van der Waals surface area (Å²) in [5, 5.41) is -0.381. The van der Waals surface area contributed by atoms with E-state index in [1.54, 1.807) is 35.4 Å². The maximum Gasteiger partial charge on any atom is 0.416 e. The zero-order valence-corrected chi connectivity index (χ0v) is 64.2. The first-order valence-electron chi connectivity index (χ1n) is 33.6. The molecule has 4 atom stereocenters. The summed E-state index contributed by atoms with van der Waals surface area (Å²) < 4.78 is 78.9. The third kappa shape index (κ3) is 22.4. The third-order valence-electron chi connectivity index (χ3n) is 17.6. The summed E-state index contributed by atoms with van der Waals surface area (Å²) in [6, 6.07) is 19.1. The Bertz CT molecular complexity index is 3460. The Morgan fingerprint density at radius 1 is 0.505 bits per heavy atom. The highest BCUT2D eigenvalue weighted by Crippen LogP contribution is 2.49. The van der Waals surface area contributed by atoms with Crippen molar-refractivity contribution in [2.45, 2.75) is 123 Å². The Hall–Kier alpha value is -5.68. The number of fused-ring (bicyclic) bond motifs is 4. The number of alkyl halides is 6. The molecule has 0 aliphatic carbocycles. The molecule has 2 unspecified atom stereocenters. The number of ether oxygens (including phenoxy) is 13. The van der Waals surface area contributed by atoms with Gasteiger partial charge in [-0.05, 0) is 122 Å². The average molecular weight is 1550 g/mol. The van der Waals surface area contributed by atoms with Crippen molar-refractivity contribution in [2.24, 2.45) is 5.73 Å². The second kappa shape index (κ2) is 37.8. The first-order valence-corrected chi connectivity index (χ1v) is 38.8. The molecule has 101 heavy (non-hydrogen) atoms. The largest absolute Gasteiger partial charge is 0.497 e. The van der Waals surface area contributed by atoms with Crippen molar-refractivity contribution < 1.29 is 85.2 Å². The van der Waals surface area contributed by atoms with E-state index in [0.717, 1.165) is 48.0 Å². The minimum absolute atomic E-state index is 0.00193. The van der Waals surface area contributed by atoms with E-state index in [9.17, 15) is 14.4 Å². The summed E-state index contributed by atoms with van der Waals surface area (Å²) in [6.45, 7) is 17.7. The number of nitrogens with two attached hydrogens (primary N) is 1. The molecule has 4 amide bonds. The number of amides is 4. The normalized spacial score (nSPS) is 17.7. The van der Waals surface area contributed by atoms with E-state index >= 15 is 4.79 Å².